The molecule has 2 nitrogen and oxygen atoms in total. The smallest absolute Gasteiger partial charge is 0.421 e. The Labute approximate surface area is 65.6 Å². The fourth-order valence-electron chi connectivity index (χ4n) is 0.792. The molecule has 0 radical (unpaired) electrons. The summed E-state index contributed by atoms with van der Waals surface area (Å²) in [7, 11) is 0. The summed E-state index contributed by atoms with van der Waals surface area (Å²) in [5.74, 6) is 0.155. The zero-order chi connectivity index (χ0) is 7.90. The summed E-state index contributed by atoms with van der Waals surface area (Å²) >= 11 is 0.327. The van der Waals surface area contributed by atoms with Crippen molar-refractivity contribution in [3.05, 3.63) is 18.3 Å². The van der Waals surface area contributed by atoms with E-state index in [1.54, 1.807) is 6.07 Å². The molecule has 0 atom stereocenters. The molecule has 1 aliphatic rings. The summed E-state index contributed by atoms with van der Waals surface area (Å²) in [5, 5.41) is 0.248. The minimum atomic E-state index is -3.14. The van der Waals surface area contributed by atoms with Crippen molar-refractivity contribution < 1.29 is 13.5 Å². The Morgan fingerprint density at radius 2 is 2.36 bits per heavy atom. The second-order valence-electron chi connectivity index (χ2n) is 1.97. The molecule has 0 aromatic carbocycles. The van der Waals surface area contributed by atoms with Crippen molar-refractivity contribution in [1.82, 2.24) is 4.98 Å². The fraction of sp³-hybridized carbons (Fsp3) is 0.167. The molecule has 0 unspecified atom stereocenters. The Kier molecular flexibility index (Phi) is 1.29. The zero-order valence-corrected chi connectivity index (χ0v) is 6.07. The number of hydrogen-bond donors (Lipinski definition) is 0. The van der Waals surface area contributed by atoms with Crippen LogP contribution in [0.2, 0.25) is 0 Å². The van der Waals surface area contributed by atoms with Gasteiger partial charge in [0.2, 0.25) is 0 Å². The van der Waals surface area contributed by atoms with E-state index in [0.717, 1.165) is 0 Å². The van der Waals surface area contributed by atoms with Crippen molar-refractivity contribution >= 4 is 11.8 Å². The van der Waals surface area contributed by atoms with Gasteiger partial charge < -0.3 is 4.74 Å². The van der Waals surface area contributed by atoms with Crippen LogP contribution >= 0.6 is 11.8 Å². The minimum absolute atomic E-state index is 0.155. The third-order valence-electron chi connectivity index (χ3n) is 1.18. The molecular weight excluding hydrogens is 172 g/mol. The summed E-state index contributed by atoms with van der Waals surface area (Å²) in [6, 6.07) is 3.02. The molecule has 0 spiro atoms. The predicted octanol–water partition coefficient (Wildman–Crippen LogP) is 2.12. The number of aromatic nitrogens is 1. The highest BCUT2D eigenvalue weighted by atomic mass is 32.2. The largest absolute Gasteiger partial charge is 0.459 e. The highest BCUT2D eigenvalue weighted by Crippen LogP contribution is 2.47. The predicted molar refractivity (Wildman–Crippen MR) is 35.7 cm³/mol. The van der Waals surface area contributed by atoms with Crippen LogP contribution in [0, 0.1) is 0 Å². The number of alkyl halides is 2. The van der Waals surface area contributed by atoms with Crippen molar-refractivity contribution in [2.45, 2.75) is 10.5 Å². The second kappa shape index (κ2) is 2.07. The molecule has 1 aromatic heterocycles. The molecule has 0 bridgehead atoms. The first-order valence-electron chi connectivity index (χ1n) is 2.88. The van der Waals surface area contributed by atoms with Gasteiger partial charge in [-0.2, -0.15) is 8.78 Å². The number of hydrogen-bond acceptors (Lipinski definition) is 3. The first-order valence-corrected chi connectivity index (χ1v) is 3.70. The lowest BCUT2D eigenvalue weighted by Gasteiger charge is -2.04. The van der Waals surface area contributed by atoms with Crippen molar-refractivity contribution in [2.75, 3.05) is 0 Å². The number of halogens is 2. The van der Waals surface area contributed by atoms with E-state index in [1.165, 1.54) is 12.3 Å². The van der Waals surface area contributed by atoms with Gasteiger partial charge in [0, 0.05) is 18.0 Å². The van der Waals surface area contributed by atoms with E-state index in [2.05, 4.69) is 9.72 Å². The van der Waals surface area contributed by atoms with Gasteiger partial charge in [-0.05, 0) is 12.1 Å². The lowest BCUT2D eigenvalue weighted by Crippen LogP contribution is -2.13. The van der Waals surface area contributed by atoms with Gasteiger partial charge in [-0.1, -0.05) is 0 Å². The zero-order valence-electron chi connectivity index (χ0n) is 5.25. The van der Waals surface area contributed by atoms with Gasteiger partial charge in [0.25, 0.3) is 0 Å². The molecule has 58 valence electrons. The lowest BCUT2D eigenvalue weighted by atomic mass is 10.5. The Balaban J connectivity index is 2.41. The van der Waals surface area contributed by atoms with Crippen LogP contribution in [0.15, 0.2) is 23.4 Å². The molecule has 0 aliphatic carbocycles. The van der Waals surface area contributed by atoms with Gasteiger partial charge in [0.15, 0.2) is 5.75 Å². The number of fused-ring (bicyclic) bond motifs is 1. The molecule has 5 heteroatoms. The van der Waals surface area contributed by atoms with Crippen molar-refractivity contribution in [2.24, 2.45) is 0 Å². The van der Waals surface area contributed by atoms with E-state index in [0.29, 0.717) is 11.8 Å². The van der Waals surface area contributed by atoms with Gasteiger partial charge in [-0.3, -0.25) is 0 Å². The van der Waals surface area contributed by atoms with Crippen LogP contribution in [0.3, 0.4) is 0 Å². The van der Waals surface area contributed by atoms with Gasteiger partial charge in [-0.25, -0.2) is 4.98 Å². The van der Waals surface area contributed by atoms with Crippen LogP contribution < -0.4 is 4.74 Å². The van der Waals surface area contributed by atoms with Gasteiger partial charge in [0.1, 0.15) is 5.03 Å². The molecule has 0 saturated carbocycles. The van der Waals surface area contributed by atoms with Crippen LogP contribution in [0.25, 0.3) is 0 Å². The fourth-order valence-corrected chi connectivity index (χ4v) is 1.47. The van der Waals surface area contributed by atoms with E-state index in [-0.39, 0.29) is 10.8 Å². The Hall–Kier alpha value is -0.840. The maximum Gasteiger partial charge on any atom is 0.459 e. The van der Waals surface area contributed by atoms with Crippen LogP contribution in [0.4, 0.5) is 8.78 Å². The number of pyridine rings is 1. The molecule has 1 aromatic rings. The van der Waals surface area contributed by atoms with E-state index < -0.39 is 5.44 Å². The molecule has 0 fully saturated rings. The second-order valence-corrected chi connectivity index (χ2v) is 3.04. The normalized spacial score (nSPS) is 19.1. The number of thioether (sulfide) groups is 1. The standard InChI is InChI=1S/C6H3F2NOS/c7-6(8)10-4-2-1-3-9-5(4)11-6/h1-3H. The molecule has 0 amide bonds. The van der Waals surface area contributed by atoms with E-state index in [9.17, 15) is 8.78 Å². The number of rotatable bonds is 0. The third-order valence-corrected chi connectivity index (χ3v) is 2.00. The van der Waals surface area contributed by atoms with Crippen molar-refractivity contribution in [3.63, 3.8) is 0 Å². The van der Waals surface area contributed by atoms with Crippen molar-refractivity contribution in [1.29, 1.82) is 0 Å². The average molecular weight is 175 g/mol. The summed E-state index contributed by atoms with van der Waals surface area (Å²) in [6.45, 7) is 0. The molecule has 2 rings (SSSR count). The Morgan fingerprint density at radius 3 is 3.09 bits per heavy atom. The van der Waals surface area contributed by atoms with Gasteiger partial charge in [-0.15, -0.1) is 0 Å². The van der Waals surface area contributed by atoms with Crippen LogP contribution in [-0.2, 0) is 0 Å². The Morgan fingerprint density at radius 1 is 1.55 bits per heavy atom. The van der Waals surface area contributed by atoms with Gasteiger partial charge >= 0.3 is 5.44 Å². The van der Waals surface area contributed by atoms with Crippen LogP contribution in [0.1, 0.15) is 0 Å². The average Bonchev–Trinajstić information content (AvgIpc) is 2.21. The topological polar surface area (TPSA) is 22.1 Å². The van der Waals surface area contributed by atoms with E-state index >= 15 is 0 Å². The first-order chi connectivity index (χ1) is 5.17. The van der Waals surface area contributed by atoms with Crippen LogP contribution in [0.5, 0.6) is 5.75 Å². The summed E-state index contributed by atoms with van der Waals surface area (Å²) < 4.78 is 29.1. The highest BCUT2D eigenvalue weighted by molar-refractivity contribution is 8.00. The van der Waals surface area contributed by atoms with Gasteiger partial charge in [0.05, 0.1) is 0 Å². The van der Waals surface area contributed by atoms with Crippen molar-refractivity contribution in [3.8, 4) is 5.75 Å². The van der Waals surface area contributed by atoms with E-state index in [4.69, 9.17) is 0 Å². The monoisotopic (exact) mass is 175 g/mol. The first kappa shape index (κ1) is 6.84. The van der Waals surface area contributed by atoms with Crippen LogP contribution in [-0.4, -0.2) is 10.4 Å². The molecule has 0 saturated heterocycles. The molecule has 11 heavy (non-hydrogen) atoms. The molecule has 1 aliphatic heterocycles. The highest BCUT2D eigenvalue weighted by Gasteiger charge is 2.42. The summed E-state index contributed by atoms with van der Waals surface area (Å²) in [4.78, 5) is 3.71. The third kappa shape index (κ3) is 1.16. The summed E-state index contributed by atoms with van der Waals surface area (Å²) in [6.07, 6.45) is 1.45. The number of ether oxygens (including phenoxy) is 1. The molecular formula is C6H3F2NOS. The lowest BCUT2D eigenvalue weighted by molar-refractivity contribution is -0.0822. The summed E-state index contributed by atoms with van der Waals surface area (Å²) in [5.41, 5.74) is -3.14. The maximum absolute atomic E-state index is 12.4. The van der Waals surface area contributed by atoms with E-state index in [1.807, 2.05) is 0 Å². The number of nitrogens with zero attached hydrogens (tertiary/aromatic N) is 1. The minimum Gasteiger partial charge on any atom is -0.421 e. The quantitative estimate of drug-likeness (QED) is 0.603. The SMILES string of the molecule is FC1(F)Oc2cccnc2S1. The molecule has 0 N–H and O–H groups in total. The maximum atomic E-state index is 12.4. The molecule has 2 heterocycles. The Bertz CT molecular complexity index is 265.